The predicted molar refractivity (Wildman–Crippen MR) is 109 cm³/mol. The Morgan fingerprint density at radius 1 is 1.19 bits per heavy atom. The van der Waals surface area contributed by atoms with Crippen LogP contribution in [-0.4, -0.2) is 28.5 Å². The van der Waals surface area contributed by atoms with Gasteiger partial charge in [0.25, 0.3) is 5.56 Å². The van der Waals surface area contributed by atoms with Crippen LogP contribution in [0.2, 0.25) is 0 Å². The van der Waals surface area contributed by atoms with Gasteiger partial charge in [0.05, 0.1) is 29.2 Å². The molecule has 0 aliphatic carbocycles. The van der Waals surface area contributed by atoms with E-state index in [0.29, 0.717) is 29.1 Å². The lowest BCUT2D eigenvalue weighted by atomic mass is 10.2. The molecule has 0 saturated heterocycles. The Bertz CT molecular complexity index is 938. The van der Waals surface area contributed by atoms with Crippen molar-refractivity contribution in [2.24, 2.45) is 0 Å². The zero-order valence-corrected chi connectivity index (χ0v) is 15.9. The highest BCUT2D eigenvalue weighted by Crippen LogP contribution is 2.20. The number of nitrogens with zero attached hydrogens (tertiary/aromatic N) is 2. The molecule has 0 aliphatic rings. The molecule has 0 fully saturated rings. The van der Waals surface area contributed by atoms with Crippen LogP contribution in [0, 0.1) is 0 Å². The Labute approximate surface area is 158 Å². The lowest BCUT2D eigenvalue weighted by Gasteiger charge is -2.19. The summed E-state index contributed by atoms with van der Waals surface area (Å²) in [5.41, 5.74) is 1.40. The Balaban J connectivity index is 2.17. The van der Waals surface area contributed by atoms with Gasteiger partial charge in [0, 0.05) is 12.3 Å². The zero-order valence-electron chi connectivity index (χ0n) is 15.0. The van der Waals surface area contributed by atoms with Crippen molar-refractivity contribution >= 4 is 23.5 Å². The molecule has 136 valence electrons. The van der Waals surface area contributed by atoms with E-state index in [-0.39, 0.29) is 11.6 Å². The van der Waals surface area contributed by atoms with Crippen molar-refractivity contribution in [1.82, 2.24) is 14.9 Å². The first-order valence-electron chi connectivity index (χ1n) is 8.75. The number of hydrogen-bond donors (Lipinski definition) is 2. The number of thiol groups is 1. The molecule has 2 aromatic carbocycles. The second-order valence-electron chi connectivity index (χ2n) is 5.95. The van der Waals surface area contributed by atoms with Crippen molar-refractivity contribution in [1.29, 1.82) is 0 Å². The molecule has 3 rings (SSSR count). The lowest BCUT2D eigenvalue weighted by Crippen LogP contribution is -2.30. The monoisotopic (exact) mass is 369 g/mol. The third kappa shape index (κ3) is 3.76. The number of fused-ring (bicyclic) bond motifs is 1. The number of para-hydroxylation sites is 1. The third-order valence-corrected chi connectivity index (χ3v) is 4.38. The number of aromatic nitrogens is 2. The number of nitrogens with one attached hydrogen (secondary N) is 1. The number of hydrogen-bond acceptors (Lipinski definition) is 5. The molecule has 26 heavy (non-hydrogen) atoms. The summed E-state index contributed by atoms with van der Waals surface area (Å²) in [6.45, 7) is 5.28. The second-order valence-corrected chi connectivity index (χ2v) is 6.40. The van der Waals surface area contributed by atoms with E-state index < -0.39 is 0 Å². The Hall–Kier alpha value is -2.31. The van der Waals surface area contributed by atoms with E-state index in [1.165, 1.54) is 0 Å². The van der Waals surface area contributed by atoms with Crippen LogP contribution in [0.5, 0.6) is 5.75 Å². The maximum atomic E-state index is 13.2. The molecule has 0 aliphatic heterocycles. The summed E-state index contributed by atoms with van der Waals surface area (Å²) < 4.78 is 7.18. The van der Waals surface area contributed by atoms with Gasteiger partial charge in [-0.05, 0) is 50.2 Å². The molecular weight excluding hydrogens is 346 g/mol. The van der Waals surface area contributed by atoms with Crippen LogP contribution in [0.15, 0.2) is 53.3 Å². The molecule has 5 nitrogen and oxygen atoms in total. The summed E-state index contributed by atoms with van der Waals surface area (Å²) in [7, 11) is 0. The molecule has 0 amide bonds. The van der Waals surface area contributed by atoms with E-state index in [9.17, 15) is 4.79 Å². The first-order valence-corrected chi connectivity index (χ1v) is 9.38. The number of rotatable bonds is 7. The van der Waals surface area contributed by atoms with Gasteiger partial charge in [0.1, 0.15) is 11.6 Å². The third-order valence-electron chi connectivity index (χ3n) is 4.16. The van der Waals surface area contributed by atoms with Crippen molar-refractivity contribution in [2.75, 3.05) is 18.9 Å². The highest BCUT2D eigenvalue weighted by atomic mass is 32.1. The van der Waals surface area contributed by atoms with Crippen LogP contribution in [0.3, 0.4) is 0 Å². The van der Waals surface area contributed by atoms with Gasteiger partial charge < -0.3 is 10.1 Å². The second kappa shape index (κ2) is 8.38. The molecule has 0 radical (unpaired) electrons. The SMILES string of the molecule is CCOc1ccc(-n2c([C@@H](C)NCCS)nc3ccccc3c2=O)cc1. The van der Waals surface area contributed by atoms with E-state index >= 15 is 0 Å². The largest absolute Gasteiger partial charge is 0.494 e. The topological polar surface area (TPSA) is 56.1 Å². The van der Waals surface area contributed by atoms with Crippen molar-refractivity contribution in [3.8, 4) is 11.4 Å². The smallest absolute Gasteiger partial charge is 0.266 e. The summed E-state index contributed by atoms with van der Waals surface area (Å²) in [6.07, 6.45) is 0. The maximum absolute atomic E-state index is 13.2. The van der Waals surface area contributed by atoms with Gasteiger partial charge in [-0.15, -0.1) is 0 Å². The average molecular weight is 369 g/mol. The van der Waals surface area contributed by atoms with E-state index in [4.69, 9.17) is 9.72 Å². The number of ether oxygens (including phenoxy) is 1. The normalized spacial score (nSPS) is 12.3. The van der Waals surface area contributed by atoms with Gasteiger partial charge in [-0.3, -0.25) is 9.36 Å². The molecular formula is C20H23N3O2S. The van der Waals surface area contributed by atoms with Crippen molar-refractivity contribution < 1.29 is 4.74 Å². The van der Waals surface area contributed by atoms with Gasteiger partial charge in [-0.2, -0.15) is 12.6 Å². The molecule has 3 aromatic rings. The summed E-state index contributed by atoms with van der Waals surface area (Å²) in [6, 6.07) is 14.9. The fourth-order valence-electron chi connectivity index (χ4n) is 2.92. The minimum atomic E-state index is -0.0916. The predicted octanol–water partition coefficient (Wildman–Crippen LogP) is 3.36. The van der Waals surface area contributed by atoms with E-state index in [2.05, 4.69) is 17.9 Å². The van der Waals surface area contributed by atoms with Gasteiger partial charge >= 0.3 is 0 Å². The van der Waals surface area contributed by atoms with Gasteiger partial charge in [0.15, 0.2) is 0 Å². The molecule has 0 unspecified atom stereocenters. The minimum absolute atomic E-state index is 0.0747. The molecule has 0 spiro atoms. The van der Waals surface area contributed by atoms with Crippen LogP contribution in [0.4, 0.5) is 0 Å². The van der Waals surface area contributed by atoms with Crippen LogP contribution >= 0.6 is 12.6 Å². The van der Waals surface area contributed by atoms with Gasteiger partial charge in [-0.1, -0.05) is 12.1 Å². The molecule has 1 aromatic heterocycles. The molecule has 1 atom stereocenters. The van der Waals surface area contributed by atoms with Crippen LogP contribution < -0.4 is 15.6 Å². The molecule has 0 saturated carbocycles. The van der Waals surface area contributed by atoms with Crippen molar-refractivity contribution in [2.45, 2.75) is 19.9 Å². The molecule has 6 heteroatoms. The quantitative estimate of drug-likeness (QED) is 0.627. The summed E-state index contributed by atoms with van der Waals surface area (Å²) in [5, 5.41) is 3.96. The van der Waals surface area contributed by atoms with Crippen molar-refractivity contribution in [3.63, 3.8) is 0 Å². The fourth-order valence-corrected chi connectivity index (χ4v) is 3.05. The molecule has 0 bridgehead atoms. The first kappa shape index (κ1) is 18.5. The van der Waals surface area contributed by atoms with Crippen LogP contribution in [0.25, 0.3) is 16.6 Å². The first-order chi connectivity index (χ1) is 12.7. The maximum Gasteiger partial charge on any atom is 0.266 e. The highest BCUT2D eigenvalue weighted by Gasteiger charge is 2.17. The van der Waals surface area contributed by atoms with E-state index in [1.807, 2.05) is 62.4 Å². The standard InChI is InChI=1S/C20H23N3O2S/c1-3-25-16-10-8-15(9-11-16)23-19(14(2)21-12-13-26)22-18-7-5-4-6-17(18)20(23)24/h4-11,14,21,26H,3,12-13H2,1-2H3/t14-/m1/s1. The Kier molecular flexibility index (Phi) is 5.96. The summed E-state index contributed by atoms with van der Waals surface area (Å²) in [4.78, 5) is 18.0. The lowest BCUT2D eigenvalue weighted by molar-refractivity contribution is 0.340. The van der Waals surface area contributed by atoms with Gasteiger partial charge in [-0.25, -0.2) is 4.98 Å². The minimum Gasteiger partial charge on any atom is -0.494 e. The Morgan fingerprint density at radius 2 is 1.92 bits per heavy atom. The number of benzene rings is 2. The zero-order chi connectivity index (χ0) is 18.5. The van der Waals surface area contributed by atoms with Crippen LogP contribution in [0.1, 0.15) is 25.7 Å². The van der Waals surface area contributed by atoms with Crippen molar-refractivity contribution in [3.05, 3.63) is 64.7 Å². The summed E-state index contributed by atoms with van der Waals surface area (Å²) in [5.74, 6) is 2.17. The van der Waals surface area contributed by atoms with E-state index in [1.54, 1.807) is 4.57 Å². The fraction of sp³-hybridized carbons (Fsp3) is 0.300. The highest BCUT2D eigenvalue weighted by molar-refractivity contribution is 7.80. The van der Waals surface area contributed by atoms with Crippen LogP contribution in [-0.2, 0) is 0 Å². The van der Waals surface area contributed by atoms with Gasteiger partial charge in [0.2, 0.25) is 0 Å². The molecule has 1 N–H and O–H groups in total. The average Bonchev–Trinajstić information content (AvgIpc) is 2.67. The Morgan fingerprint density at radius 3 is 2.62 bits per heavy atom. The summed E-state index contributed by atoms with van der Waals surface area (Å²) >= 11 is 4.25. The van der Waals surface area contributed by atoms with E-state index in [0.717, 1.165) is 18.0 Å². The molecule has 1 heterocycles.